The number of para-hydroxylation sites is 1. The predicted molar refractivity (Wildman–Crippen MR) is 173 cm³/mol. The number of nitrogens with one attached hydrogen (secondary N) is 1. The summed E-state index contributed by atoms with van der Waals surface area (Å²) < 4.78 is 27.6. The van der Waals surface area contributed by atoms with Crippen LogP contribution in [0.5, 0.6) is 0 Å². The minimum Gasteiger partial charge on any atom is -0.352 e. The molecule has 0 radical (unpaired) electrons. The molecule has 0 saturated heterocycles. The third-order valence-electron chi connectivity index (χ3n) is 8.20. The Balaban J connectivity index is 1.74. The minimum absolute atomic E-state index is 0.0475. The van der Waals surface area contributed by atoms with Crippen LogP contribution in [0, 0.1) is 6.92 Å². The van der Waals surface area contributed by atoms with Gasteiger partial charge in [0.15, 0.2) is 0 Å². The Labute approximate surface area is 257 Å². The lowest BCUT2D eigenvalue weighted by molar-refractivity contribution is -0.140. The van der Waals surface area contributed by atoms with Crippen molar-refractivity contribution in [3.8, 4) is 0 Å². The second-order valence-corrected chi connectivity index (χ2v) is 13.9. The third-order valence-corrected chi connectivity index (χ3v) is 9.33. The Morgan fingerprint density at radius 1 is 0.860 bits per heavy atom. The third kappa shape index (κ3) is 8.92. The van der Waals surface area contributed by atoms with Crippen LogP contribution in [0.25, 0.3) is 0 Å². The fourth-order valence-electron chi connectivity index (χ4n) is 5.79. The Kier molecular flexibility index (Phi) is 11.0. The molecule has 1 unspecified atom stereocenters. The summed E-state index contributed by atoms with van der Waals surface area (Å²) in [5.74, 6) is -0.583. The molecule has 0 bridgehead atoms. The monoisotopic (exact) mass is 603 g/mol. The summed E-state index contributed by atoms with van der Waals surface area (Å²) in [5, 5.41) is 3.24. The maximum Gasteiger partial charge on any atom is 0.244 e. The van der Waals surface area contributed by atoms with Crippen LogP contribution in [-0.2, 0) is 32.6 Å². The molecular formula is C35H45N3O4S. The highest BCUT2D eigenvalue weighted by Crippen LogP contribution is 2.29. The molecule has 230 valence electrons. The van der Waals surface area contributed by atoms with Crippen LogP contribution in [0.15, 0.2) is 78.9 Å². The van der Waals surface area contributed by atoms with Gasteiger partial charge >= 0.3 is 0 Å². The number of sulfonamides is 1. The fraction of sp³-hybridized carbons (Fsp3) is 0.429. The van der Waals surface area contributed by atoms with Crippen molar-refractivity contribution in [1.82, 2.24) is 10.2 Å². The molecular weight excluding hydrogens is 558 g/mol. The van der Waals surface area contributed by atoms with Crippen molar-refractivity contribution in [2.45, 2.75) is 83.8 Å². The Bertz CT molecular complexity index is 1470. The van der Waals surface area contributed by atoms with Crippen LogP contribution in [0.2, 0.25) is 0 Å². The van der Waals surface area contributed by atoms with E-state index in [4.69, 9.17) is 0 Å². The topological polar surface area (TPSA) is 86.8 Å². The molecule has 1 saturated carbocycles. The zero-order valence-electron chi connectivity index (χ0n) is 25.8. The number of carbonyl (C=O) groups excluding carboxylic acids is 2. The average Bonchev–Trinajstić information content (AvgIpc) is 2.99. The van der Waals surface area contributed by atoms with Crippen molar-refractivity contribution in [3.63, 3.8) is 0 Å². The summed E-state index contributed by atoms with van der Waals surface area (Å²) in [6.45, 7) is 5.76. The fourth-order valence-corrected chi connectivity index (χ4v) is 6.65. The molecule has 3 aromatic carbocycles. The van der Waals surface area contributed by atoms with Gasteiger partial charge in [-0.05, 0) is 48.4 Å². The second kappa shape index (κ2) is 14.7. The largest absolute Gasteiger partial charge is 0.352 e. The van der Waals surface area contributed by atoms with E-state index >= 15 is 0 Å². The lowest BCUT2D eigenvalue weighted by atomic mass is 9.94. The standard InChI is InChI=1S/C35H45N3O4S/c1-26(2)31-17-11-12-18-32(31)38(43(4,41)42)25-34(39)37(24-29-21-19-27(3)20-22-29)33(23-28-13-7-5-8-14-28)35(40)36-30-15-9-6-10-16-30/h5,7-8,11-14,17-22,26,30,33H,6,9-10,15-16,23-25H2,1-4H3,(H,36,40). The molecule has 1 atom stereocenters. The van der Waals surface area contributed by atoms with E-state index in [-0.39, 0.29) is 24.4 Å². The van der Waals surface area contributed by atoms with Gasteiger partial charge in [-0.3, -0.25) is 13.9 Å². The molecule has 8 heteroatoms. The first-order valence-corrected chi connectivity index (χ1v) is 17.1. The molecule has 3 aromatic rings. The summed E-state index contributed by atoms with van der Waals surface area (Å²) in [6.07, 6.45) is 6.58. The first-order chi connectivity index (χ1) is 20.5. The van der Waals surface area contributed by atoms with Crippen molar-refractivity contribution < 1.29 is 18.0 Å². The molecule has 1 fully saturated rings. The van der Waals surface area contributed by atoms with Crippen molar-refractivity contribution >= 4 is 27.5 Å². The molecule has 0 heterocycles. The van der Waals surface area contributed by atoms with E-state index < -0.39 is 28.5 Å². The van der Waals surface area contributed by atoms with Crippen LogP contribution < -0.4 is 9.62 Å². The summed E-state index contributed by atoms with van der Waals surface area (Å²) in [5.41, 5.74) is 4.21. The molecule has 1 aliphatic rings. The number of rotatable bonds is 12. The number of hydrogen-bond acceptors (Lipinski definition) is 4. The maximum atomic E-state index is 14.4. The summed E-state index contributed by atoms with van der Waals surface area (Å²) >= 11 is 0. The normalized spacial score (nSPS) is 14.7. The predicted octanol–water partition coefficient (Wildman–Crippen LogP) is 5.97. The van der Waals surface area contributed by atoms with Gasteiger partial charge in [-0.15, -0.1) is 0 Å². The lowest BCUT2D eigenvalue weighted by Gasteiger charge is -2.35. The number of nitrogens with zero attached hydrogens (tertiary/aromatic N) is 2. The van der Waals surface area contributed by atoms with Gasteiger partial charge in [0.2, 0.25) is 21.8 Å². The van der Waals surface area contributed by atoms with Crippen molar-refractivity contribution in [3.05, 3.63) is 101 Å². The molecule has 0 aliphatic heterocycles. The molecule has 1 N–H and O–H groups in total. The van der Waals surface area contributed by atoms with Crippen LogP contribution in [0.4, 0.5) is 5.69 Å². The zero-order chi connectivity index (χ0) is 31.0. The van der Waals surface area contributed by atoms with Gasteiger partial charge in [0.05, 0.1) is 11.9 Å². The van der Waals surface area contributed by atoms with E-state index in [1.54, 1.807) is 17.0 Å². The van der Waals surface area contributed by atoms with Crippen molar-refractivity contribution in [2.24, 2.45) is 0 Å². The molecule has 2 amide bonds. The van der Waals surface area contributed by atoms with Crippen LogP contribution >= 0.6 is 0 Å². The van der Waals surface area contributed by atoms with E-state index in [1.807, 2.05) is 87.5 Å². The van der Waals surface area contributed by atoms with E-state index in [0.29, 0.717) is 12.1 Å². The van der Waals surface area contributed by atoms with Gasteiger partial charge in [-0.2, -0.15) is 0 Å². The van der Waals surface area contributed by atoms with Gasteiger partial charge < -0.3 is 10.2 Å². The molecule has 0 spiro atoms. The smallest absolute Gasteiger partial charge is 0.244 e. The Morgan fingerprint density at radius 3 is 2.12 bits per heavy atom. The van der Waals surface area contributed by atoms with Gasteiger partial charge in [0, 0.05) is 19.0 Å². The first kappa shape index (κ1) is 32.3. The van der Waals surface area contributed by atoms with Crippen molar-refractivity contribution in [2.75, 3.05) is 17.1 Å². The number of hydrogen-bond donors (Lipinski definition) is 1. The number of carbonyl (C=O) groups is 2. The number of amides is 2. The molecule has 1 aliphatic carbocycles. The maximum absolute atomic E-state index is 14.4. The first-order valence-electron chi connectivity index (χ1n) is 15.3. The highest BCUT2D eigenvalue weighted by molar-refractivity contribution is 7.92. The zero-order valence-corrected chi connectivity index (χ0v) is 26.6. The summed E-state index contributed by atoms with van der Waals surface area (Å²) in [7, 11) is -3.82. The molecule has 4 rings (SSSR count). The van der Waals surface area contributed by atoms with Crippen LogP contribution in [0.1, 0.15) is 74.1 Å². The Morgan fingerprint density at radius 2 is 1.49 bits per heavy atom. The van der Waals surface area contributed by atoms with Crippen molar-refractivity contribution in [1.29, 1.82) is 0 Å². The summed E-state index contributed by atoms with van der Waals surface area (Å²) in [6, 6.07) is 24.1. The van der Waals surface area contributed by atoms with E-state index in [0.717, 1.165) is 60.6 Å². The van der Waals surface area contributed by atoms with E-state index in [9.17, 15) is 18.0 Å². The van der Waals surface area contributed by atoms with E-state index in [2.05, 4.69) is 5.32 Å². The average molecular weight is 604 g/mol. The number of benzene rings is 3. The second-order valence-electron chi connectivity index (χ2n) is 12.0. The Hall–Kier alpha value is -3.65. The molecule has 43 heavy (non-hydrogen) atoms. The SMILES string of the molecule is Cc1ccc(CN(C(=O)CN(c2ccccc2C(C)C)S(C)(=O)=O)C(Cc2ccccc2)C(=O)NC2CCCCC2)cc1. The van der Waals surface area contributed by atoms with Gasteiger partial charge in [0.1, 0.15) is 12.6 Å². The van der Waals surface area contributed by atoms with Crippen LogP contribution in [0.3, 0.4) is 0 Å². The van der Waals surface area contributed by atoms with Gasteiger partial charge in [-0.1, -0.05) is 111 Å². The minimum atomic E-state index is -3.82. The van der Waals surface area contributed by atoms with Gasteiger partial charge in [-0.25, -0.2) is 8.42 Å². The molecule has 0 aromatic heterocycles. The van der Waals surface area contributed by atoms with E-state index in [1.165, 1.54) is 4.31 Å². The van der Waals surface area contributed by atoms with Crippen LogP contribution in [-0.4, -0.2) is 50.0 Å². The number of anilines is 1. The molecule has 7 nitrogen and oxygen atoms in total. The lowest BCUT2D eigenvalue weighted by Crippen LogP contribution is -2.55. The number of aryl methyl sites for hydroxylation is 1. The quantitative estimate of drug-likeness (QED) is 0.276. The summed E-state index contributed by atoms with van der Waals surface area (Å²) in [4.78, 5) is 30.0. The highest BCUT2D eigenvalue weighted by Gasteiger charge is 2.34. The highest BCUT2D eigenvalue weighted by atomic mass is 32.2. The van der Waals surface area contributed by atoms with Gasteiger partial charge in [0.25, 0.3) is 0 Å².